The minimum absolute atomic E-state index is 1.20. The SMILES string of the molecule is Cc1ccc2[nH]c3cc(-c4ccccc4)c4ccccc4c3c2c1. The van der Waals surface area contributed by atoms with Gasteiger partial charge < -0.3 is 4.98 Å². The zero-order chi connectivity index (χ0) is 16.1. The van der Waals surface area contributed by atoms with Gasteiger partial charge in [-0.2, -0.15) is 0 Å². The molecule has 0 aliphatic rings. The van der Waals surface area contributed by atoms with Gasteiger partial charge in [0.05, 0.1) is 0 Å². The van der Waals surface area contributed by atoms with Crippen LogP contribution in [0.15, 0.2) is 78.9 Å². The van der Waals surface area contributed by atoms with Crippen LogP contribution in [0.25, 0.3) is 43.7 Å². The van der Waals surface area contributed by atoms with Crippen molar-refractivity contribution in [2.75, 3.05) is 0 Å². The zero-order valence-electron chi connectivity index (χ0n) is 13.5. The summed E-state index contributed by atoms with van der Waals surface area (Å²) in [6.45, 7) is 2.15. The summed E-state index contributed by atoms with van der Waals surface area (Å²) in [5.74, 6) is 0. The van der Waals surface area contributed by atoms with E-state index >= 15 is 0 Å². The fourth-order valence-corrected chi connectivity index (χ4v) is 3.74. The second-order valence-electron chi connectivity index (χ2n) is 6.43. The Kier molecular flexibility index (Phi) is 2.77. The van der Waals surface area contributed by atoms with E-state index in [4.69, 9.17) is 0 Å². The molecule has 0 unspecified atom stereocenters. The Bertz CT molecular complexity index is 1200. The lowest BCUT2D eigenvalue weighted by atomic mass is 9.95. The van der Waals surface area contributed by atoms with Crippen LogP contribution in [0.3, 0.4) is 0 Å². The van der Waals surface area contributed by atoms with Crippen LogP contribution in [0.4, 0.5) is 0 Å². The Balaban J connectivity index is 2.01. The molecule has 5 rings (SSSR count). The van der Waals surface area contributed by atoms with E-state index in [1.165, 1.54) is 49.3 Å². The van der Waals surface area contributed by atoms with Crippen LogP contribution in [-0.2, 0) is 0 Å². The van der Waals surface area contributed by atoms with E-state index in [0.717, 1.165) is 0 Å². The van der Waals surface area contributed by atoms with Gasteiger partial charge in [-0.25, -0.2) is 0 Å². The highest BCUT2D eigenvalue weighted by molar-refractivity contribution is 6.23. The zero-order valence-corrected chi connectivity index (χ0v) is 13.5. The molecule has 0 spiro atoms. The molecular formula is C23H17N. The first kappa shape index (κ1) is 13.4. The number of fused-ring (bicyclic) bond motifs is 5. The lowest BCUT2D eigenvalue weighted by Crippen LogP contribution is -1.83. The fraction of sp³-hybridized carbons (Fsp3) is 0.0435. The van der Waals surface area contributed by atoms with E-state index in [1.54, 1.807) is 0 Å². The van der Waals surface area contributed by atoms with Gasteiger partial charge in [-0.1, -0.05) is 66.2 Å². The third kappa shape index (κ3) is 1.88. The van der Waals surface area contributed by atoms with Crippen LogP contribution in [0.2, 0.25) is 0 Å². The lowest BCUT2D eigenvalue weighted by Gasteiger charge is -2.09. The first-order valence-electron chi connectivity index (χ1n) is 8.30. The number of hydrogen-bond acceptors (Lipinski definition) is 0. The predicted octanol–water partition coefficient (Wildman–Crippen LogP) is 6.45. The summed E-state index contributed by atoms with van der Waals surface area (Å²) in [5, 5.41) is 5.24. The van der Waals surface area contributed by atoms with Crippen LogP contribution in [-0.4, -0.2) is 4.98 Å². The van der Waals surface area contributed by atoms with Gasteiger partial charge in [-0.15, -0.1) is 0 Å². The normalized spacial score (nSPS) is 11.5. The summed E-state index contributed by atoms with van der Waals surface area (Å²) in [6, 6.07) is 28.3. The summed E-state index contributed by atoms with van der Waals surface area (Å²) < 4.78 is 0. The van der Waals surface area contributed by atoms with Crippen molar-refractivity contribution < 1.29 is 0 Å². The van der Waals surface area contributed by atoms with Crippen LogP contribution >= 0.6 is 0 Å². The summed E-state index contributed by atoms with van der Waals surface area (Å²) >= 11 is 0. The summed E-state index contributed by atoms with van der Waals surface area (Å²) in [5.41, 5.74) is 6.23. The molecule has 0 aliphatic carbocycles. The van der Waals surface area contributed by atoms with Gasteiger partial charge in [-0.05, 0) is 47.0 Å². The molecule has 4 aromatic carbocycles. The summed E-state index contributed by atoms with van der Waals surface area (Å²) in [6.07, 6.45) is 0. The Hall–Kier alpha value is -3.06. The number of aromatic nitrogens is 1. The number of nitrogens with one attached hydrogen (secondary N) is 1. The molecule has 1 aromatic heterocycles. The molecule has 0 atom stereocenters. The van der Waals surface area contributed by atoms with E-state index in [9.17, 15) is 0 Å². The summed E-state index contributed by atoms with van der Waals surface area (Å²) in [7, 11) is 0. The van der Waals surface area contributed by atoms with E-state index in [-0.39, 0.29) is 0 Å². The molecule has 0 fully saturated rings. The number of aryl methyl sites for hydroxylation is 1. The molecule has 0 bridgehead atoms. The van der Waals surface area contributed by atoms with Gasteiger partial charge >= 0.3 is 0 Å². The Morgan fingerprint density at radius 2 is 1.38 bits per heavy atom. The fourth-order valence-electron chi connectivity index (χ4n) is 3.74. The van der Waals surface area contributed by atoms with E-state index in [1.807, 2.05) is 0 Å². The number of H-pyrrole nitrogens is 1. The maximum absolute atomic E-state index is 3.61. The van der Waals surface area contributed by atoms with Crippen molar-refractivity contribution >= 4 is 32.6 Å². The number of hydrogen-bond donors (Lipinski definition) is 1. The molecule has 5 aromatic rings. The predicted molar refractivity (Wildman–Crippen MR) is 103 cm³/mol. The molecule has 0 radical (unpaired) electrons. The highest BCUT2D eigenvalue weighted by atomic mass is 14.7. The average molecular weight is 307 g/mol. The smallest absolute Gasteiger partial charge is 0.0477 e. The number of benzene rings is 4. The van der Waals surface area contributed by atoms with Gasteiger partial charge in [0, 0.05) is 21.8 Å². The van der Waals surface area contributed by atoms with Crippen molar-refractivity contribution in [2.24, 2.45) is 0 Å². The molecule has 114 valence electrons. The molecular weight excluding hydrogens is 290 g/mol. The molecule has 1 heterocycles. The van der Waals surface area contributed by atoms with Crippen molar-refractivity contribution in [3.63, 3.8) is 0 Å². The first-order chi connectivity index (χ1) is 11.8. The average Bonchev–Trinajstić information content (AvgIpc) is 2.99. The quantitative estimate of drug-likeness (QED) is 0.366. The Morgan fingerprint density at radius 1 is 0.625 bits per heavy atom. The van der Waals surface area contributed by atoms with Crippen molar-refractivity contribution in [3.8, 4) is 11.1 Å². The van der Waals surface area contributed by atoms with E-state index < -0.39 is 0 Å². The summed E-state index contributed by atoms with van der Waals surface area (Å²) in [4.78, 5) is 3.61. The van der Waals surface area contributed by atoms with Crippen molar-refractivity contribution in [1.29, 1.82) is 0 Å². The standard InChI is InChI=1S/C23H17N/c1-15-11-12-21-20(13-15)23-18-10-6-5-9-17(18)19(14-22(23)24-21)16-7-3-2-4-8-16/h2-14,24H,1H3. The lowest BCUT2D eigenvalue weighted by molar-refractivity contribution is 1.49. The van der Waals surface area contributed by atoms with Gasteiger partial charge in [0.25, 0.3) is 0 Å². The van der Waals surface area contributed by atoms with Gasteiger partial charge in [0.2, 0.25) is 0 Å². The topological polar surface area (TPSA) is 15.8 Å². The highest BCUT2D eigenvalue weighted by Crippen LogP contribution is 2.38. The van der Waals surface area contributed by atoms with Gasteiger partial charge in [0.15, 0.2) is 0 Å². The maximum Gasteiger partial charge on any atom is 0.0477 e. The molecule has 0 aliphatic heterocycles. The number of rotatable bonds is 1. The van der Waals surface area contributed by atoms with Crippen molar-refractivity contribution in [1.82, 2.24) is 4.98 Å². The minimum atomic E-state index is 1.20. The minimum Gasteiger partial charge on any atom is -0.354 e. The molecule has 0 saturated carbocycles. The first-order valence-corrected chi connectivity index (χ1v) is 8.30. The molecule has 1 nitrogen and oxygen atoms in total. The van der Waals surface area contributed by atoms with Crippen molar-refractivity contribution in [3.05, 3.63) is 84.4 Å². The Morgan fingerprint density at radius 3 is 2.21 bits per heavy atom. The van der Waals surface area contributed by atoms with Crippen LogP contribution < -0.4 is 0 Å². The van der Waals surface area contributed by atoms with Crippen LogP contribution in [0.1, 0.15) is 5.56 Å². The third-order valence-electron chi connectivity index (χ3n) is 4.84. The molecule has 24 heavy (non-hydrogen) atoms. The maximum atomic E-state index is 3.61. The molecule has 0 amide bonds. The number of aromatic amines is 1. The van der Waals surface area contributed by atoms with Gasteiger partial charge in [-0.3, -0.25) is 0 Å². The monoisotopic (exact) mass is 307 g/mol. The van der Waals surface area contributed by atoms with E-state index in [0.29, 0.717) is 0 Å². The molecule has 0 saturated heterocycles. The highest BCUT2D eigenvalue weighted by Gasteiger charge is 2.12. The largest absolute Gasteiger partial charge is 0.354 e. The second-order valence-corrected chi connectivity index (χ2v) is 6.43. The van der Waals surface area contributed by atoms with Crippen LogP contribution in [0, 0.1) is 6.92 Å². The van der Waals surface area contributed by atoms with Crippen LogP contribution in [0.5, 0.6) is 0 Å². The van der Waals surface area contributed by atoms with E-state index in [2.05, 4.69) is 90.8 Å². The van der Waals surface area contributed by atoms with Crippen molar-refractivity contribution in [2.45, 2.75) is 6.92 Å². The third-order valence-corrected chi connectivity index (χ3v) is 4.84. The molecule has 1 heteroatoms. The second kappa shape index (κ2) is 4.97. The Labute approximate surface area is 140 Å². The molecule has 1 N–H and O–H groups in total. The van der Waals surface area contributed by atoms with Gasteiger partial charge in [0.1, 0.15) is 0 Å².